The van der Waals surface area contributed by atoms with Gasteiger partial charge in [0.1, 0.15) is 5.69 Å². The molecule has 1 aromatic rings. The molecule has 7 nitrogen and oxygen atoms in total. The number of nitrogens with one attached hydrogen (secondary N) is 1. The lowest BCUT2D eigenvalue weighted by Gasteiger charge is -2.05. The van der Waals surface area contributed by atoms with E-state index in [0.717, 1.165) is 6.54 Å². The standard InChI is InChI=1S/C11H20N4O3/c1-10(16)11-9-15(14-13-11)4-6-18-8-7-17-5-3-12-2/h9,12H,3-8H2,1-2H3. The van der Waals surface area contributed by atoms with Gasteiger partial charge in [-0.05, 0) is 7.05 Å². The number of hydrogen-bond acceptors (Lipinski definition) is 6. The number of nitrogens with zero attached hydrogens (tertiary/aromatic N) is 3. The van der Waals surface area contributed by atoms with Crippen molar-refractivity contribution in [1.29, 1.82) is 0 Å². The van der Waals surface area contributed by atoms with Crippen molar-refractivity contribution in [2.75, 3.05) is 40.0 Å². The molecule has 0 saturated heterocycles. The lowest BCUT2D eigenvalue weighted by atomic mass is 10.3. The summed E-state index contributed by atoms with van der Waals surface area (Å²) in [6.07, 6.45) is 1.62. The molecule has 0 fully saturated rings. The lowest BCUT2D eigenvalue weighted by Crippen LogP contribution is -2.16. The van der Waals surface area contributed by atoms with E-state index >= 15 is 0 Å². The average molecular weight is 256 g/mol. The van der Waals surface area contributed by atoms with Gasteiger partial charge in [-0.1, -0.05) is 5.21 Å². The summed E-state index contributed by atoms with van der Waals surface area (Å²) in [5, 5.41) is 10.6. The van der Waals surface area contributed by atoms with Crippen LogP contribution < -0.4 is 5.32 Å². The number of likely N-dealkylation sites (N-methyl/N-ethyl adjacent to an activating group) is 1. The summed E-state index contributed by atoms with van der Waals surface area (Å²) < 4.78 is 12.3. The zero-order chi connectivity index (χ0) is 13.2. The van der Waals surface area contributed by atoms with E-state index in [9.17, 15) is 4.79 Å². The lowest BCUT2D eigenvalue weighted by molar-refractivity contribution is 0.0453. The first-order valence-corrected chi connectivity index (χ1v) is 5.95. The van der Waals surface area contributed by atoms with Crippen molar-refractivity contribution in [3.63, 3.8) is 0 Å². The van der Waals surface area contributed by atoms with Crippen LogP contribution in [0.25, 0.3) is 0 Å². The minimum absolute atomic E-state index is 0.0832. The topological polar surface area (TPSA) is 78.3 Å². The largest absolute Gasteiger partial charge is 0.378 e. The molecule has 0 aliphatic rings. The minimum atomic E-state index is -0.0832. The molecule has 0 radical (unpaired) electrons. The number of carbonyl (C=O) groups excluding carboxylic acids is 1. The average Bonchev–Trinajstić information content (AvgIpc) is 2.81. The Bertz CT molecular complexity index is 354. The molecule has 0 unspecified atom stereocenters. The molecule has 1 heterocycles. The molecule has 0 spiro atoms. The molecule has 0 saturated carbocycles. The number of carbonyl (C=O) groups is 1. The van der Waals surface area contributed by atoms with E-state index in [2.05, 4.69) is 15.6 Å². The van der Waals surface area contributed by atoms with Crippen LogP contribution in [0.5, 0.6) is 0 Å². The molecule has 0 amide bonds. The van der Waals surface area contributed by atoms with E-state index in [-0.39, 0.29) is 5.78 Å². The zero-order valence-corrected chi connectivity index (χ0v) is 10.9. The maximum Gasteiger partial charge on any atom is 0.181 e. The number of aromatic nitrogens is 3. The van der Waals surface area contributed by atoms with Crippen molar-refractivity contribution in [3.05, 3.63) is 11.9 Å². The highest BCUT2D eigenvalue weighted by atomic mass is 16.5. The van der Waals surface area contributed by atoms with Gasteiger partial charge < -0.3 is 14.8 Å². The SMILES string of the molecule is CNCCOCCOCCn1cc(C(C)=O)nn1. The van der Waals surface area contributed by atoms with Gasteiger partial charge in [0.05, 0.1) is 39.2 Å². The highest BCUT2D eigenvalue weighted by Gasteiger charge is 2.04. The highest BCUT2D eigenvalue weighted by Crippen LogP contribution is 1.94. The maximum absolute atomic E-state index is 11.0. The van der Waals surface area contributed by atoms with Crippen LogP contribution in [0.4, 0.5) is 0 Å². The first-order chi connectivity index (χ1) is 8.74. The van der Waals surface area contributed by atoms with Crippen molar-refractivity contribution in [2.24, 2.45) is 0 Å². The monoisotopic (exact) mass is 256 g/mol. The number of hydrogen-bond donors (Lipinski definition) is 1. The van der Waals surface area contributed by atoms with Crippen LogP contribution in [0.1, 0.15) is 17.4 Å². The molecule has 0 aliphatic heterocycles. The normalized spacial score (nSPS) is 10.8. The van der Waals surface area contributed by atoms with Gasteiger partial charge in [0, 0.05) is 13.5 Å². The summed E-state index contributed by atoms with van der Waals surface area (Å²) in [6, 6.07) is 0. The van der Waals surface area contributed by atoms with E-state index in [1.54, 1.807) is 10.9 Å². The van der Waals surface area contributed by atoms with Crippen LogP contribution in [0.15, 0.2) is 6.20 Å². The summed E-state index contributed by atoms with van der Waals surface area (Å²) in [5.41, 5.74) is 0.380. The Morgan fingerprint density at radius 3 is 2.67 bits per heavy atom. The van der Waals surface area contributed by atoms with Gasteiger partial charge in [0.25, 0.3) is 0 Å². The number of rotatable bonds is 10. The highest BCUT2D eigenvalue weighted by molar-refractivity contribution is 5.91. The molecular weight excluding hydrogens is 236 g/mol. The summed E-state index contributed by atoms with van der Waals surface area (Å²) in [5.74, 6) is -0.0832. The molecule has 0 aliphatic carbocycles. The molecule has 18 heavy (non-hydrogen) atoms. The zero-order valence-electron chi connectivity index (χ0n) is 10.9. The Hall–Kier alpha value is -1.31. The summed E-state index contributed by atoms with van der Waals surface area (Å²) in [7, 11) is 1.88. The predicted molar refractivity (Wildman–Crippen MR) is 65.6 cm³/mol. The number of ether oxygens (including phenoxy) is 2. The summed E-state index contributed by atoms with van der Waals surface area (Å²) in [4.78, 5) is 11.0. The molecule has 1 rings (SSSR count). The Kier molecular flexibility index (Phi) is 7.16. The third kappa shape index (κ3) is 5.85. The molecular formula is C11H20N4O3. The molecule has 0 aromatic carbocycles. The fourth-order valence-electron chi connectivity index (χ4n) is 1.22. The maximum atomic E-state index is 11.0. The minimum Gasteiger partial charge on any atom is -0.378 e. The van der Waals surface area contributed by atoms with Crippen molar-refractivity contribution < 1.29 is 14.3 Å². The van der Waals surface area contributed by atoms with Crippen molar-refractivity contribution in [2.45, 2.75) is 13.5 Å². The van der Waals surface area contributed by atoms with E-state index < -0.39 is 0 Å². The first kappa shape index (κ1) is 14.7. The fraction of sp³-hybridized carbons (Fsp3) is 0.727. The third-order valence-electron chi connectivity index (χ3n) is 2.23. The van der Waals surface area contributed by atoms with E-state index in [4.69, 9.17) is 9.47 Å². The molecule has 7 heteroatoms. The van der Waals surface area contributed by atoms with Crippen LogP contribution in [0, 0.1) is 0 Å². The number of ketones is 1. The molecule has 1 N–H and O–H groups in total. The van der Waals surface area contributed by atoms with Gasteiger partial charge in [0.15, 0.2) is 5.78 Å². The number of Topliss-reactive ketones (excluding diaryl/α,β-unsaturated/α-hetero) is 1. The summed E-state index contributed by atoms with van der Waals surface area (Å²) >= 11 is 0. The fourth-order valence-corrected chi connectivity index (χ4v) is 1.22. The van der Waals surface area contributed by atoms with Gasteiger partial charge in [0.2, 0.25) is 0 Å². The molecule has 0 atom stereocenters. The van der Waals surface area contributed by atoms with E-state index in [1.165, 1.54) is 6.92 Å². The second-order valence-corrected chi connectivity index (χ2v) is 3.75. The Morgan fingerprint density at radius 2 is 2.06 bits per heavy atom. The van der Waals surface area contributed by atoms with Crippen LogP contribution in [0.3, 0.4) is 0 Å². The molecule has 1 aromatic heterocycles. The Labute approximate surface area is 106 Å². The van der Waals surface area contributed by atoms with Gasteiger partial charge in [-0.15, -0.1) is 5.10 Å². The van der Waals surface area contributed by atoms with Gasteiger partial charge >= 0.3 is 0 Å². The third-order valence-corrected chi connectivity index (χ3v) is 2.23. The summed E-state index contributed by atoms with van der Waals surface area (Å²) in [6.45, 7) is 5.23. The van der Waals surface area contributed by atoms with Gasteiger partial charge in [-0.2, -0.15) is 0 Å². The second-order valence-electron chi connectivity index (χ2n) is 3.75. The van der Waals surface area contributed by atoms with Crippen molar-refractivity contribution in [3.8, 4) is 0 Å². The van der Waals surface area contributed by atoms with Crippen molar-refractivity contribution >= 4 is 5.78 Å². The van der Waals surface area contributed by atoms with Gasteiger partial charge in [-0.25, -0.2) is 4.68 Å². The Morgan fingerprint density at radius 1 is 1.33 bits per heavy atom. The molecule has 102 valence electrons. The van der Waals surface area contributed by atoms with E-state index in [1.807, 2.05) is 7.05 Å². The predicted octanol–water partition coefficient (Wildman–Crippen LogP) is -0.267. The second kappa shape index (κ2) is 8.73. The van der Waals surface area contributed by atoms with Crippen LogP contribution in [-0.4, -0.2) is 60.8 Å². The molecule has 0 bridgehead atoms. The van der Waals surface area contributed by atoms with Crippen LogP contribution in [0.2, 0.25) is 0 Å². The van der Waals surface area contributed by atoms with Crippen LogP contribution in [-0.2, 0) is 16.0 Å². The first-order valence-electron chi connectivity index (χ1n) is 5.95. The van der Waals surface area contributed by atoms with Crippen LogP contribution >= 0.6 is 0 Å². The van der Waals surface area contributed by atoms with E-state index in [0.29, 0.717) is 38.7 Å². The smallest absolute Gasteiger partial charge is 0.181 e. The quantitative estimate of drug-likeness (QED) is 0.459. The van der Waals surface area contributed by atoms with Crippen molar-refractivity contribution in [1.82, 2.24) is 20.3 Å². The Balaban J connectivity index is 2.02. The van der Waals surface area contributed by atoms with Gasteiger partial charge in [-0.3, -0.25) is 4.79 Å².